The fraction of sp³-hybridized carbons (Fsp3) is 0.750. The monoisotopic (exact) mass is 331 g/mol. The maximum atomic E-state index is 11.5. The van der Waals surface area contributed by atoms with E-state index in [1.165, 1.54) is 6.42 Å². The van der Waals surface area contributed by atoms with Crippen LogP contribution in [0.3, 0.4) is 0 Å². The highest BCUT2D eigenvalue weighted by atomic mass is 35.5. The molecule has 9 heteroatoms. The summed E-state index contributed by atoms with van der Waals surface area (Å²) in [5.74, 6) is 1.34. The lowest BCUT2D eigenvalue weighted by atomic mass is 10.1. The van der Waals surface area contributed by atoms with Gasteiger partial charge in [0.05, 0.1) is 11.5 Å². The molecule has 1 aromatic heterocycles. The van der Waals surface area contributed by atoms with Gasteiger partial charge in [-0.25, -0.2) is 8.42 Å². The number of hydrogen-bond donors (Lipinski definition) is 0. The van der Waals surface area contributed by atoms with Crippen LogP contribution in [0.15, 0.2) is 0 Å². The van der Waals surface area contributed by atoms with E-state index in [4.69, 9.17) is 11.6 Å². The predicted octanol–water partition coefficient (Wildman–Crippen LogP) is 0.750. The zero-order chi connectivity index (χ0) is 14.9. The molecule has 0 amide bonds. The minimum absolute atomic E-state index is 0.134. The summed E-state index contributed by atoms with van der Waals surface area (Å²) >= 11 is 6.01. The van der Waals surface area contributed by atoms with Crippen molar-refractivity contribution in [1.82, 2.24) is 15.0 Å². The lowest BCUT2D eigenvalue weighted by Gasteiger charge is -2.29. The van der Waals surface area contributed by atoms with Crippen LogP contribution in [0.25, 0.3) is 0 Å². The summed E-state index contributed by atoms with van der Waals surface area (Å²) in [7, 11) is -2.92. The van der Waals surface area contributed by atoms with Gasteiger partial charge in [-0.05, 0) is 30.9 Å². The summed E-state index contributed by atoms with van der Waals surface area (Å²) in [5.41, 5.74) is 0. The van der Waals surface area contributed by atoms with Crippen molar-refractivity contribution in [3.8, 4) is 0 Å². The second-order valence-electron chi connectivity index (χ2n) is 5.39. The van der Waals surface area contributed by atoms with Crippen molar-refractivity contribution in [2.45, 2.75) is 19.3 Å². The molecule has 116 valence electrons. The normalized spacial score (nSPS) is 22.3. The molecule has 7 nitrogen and oxygen atoms in total. The summed E-state index contributed by atoms with van der Waals surface area (Å²) < 4.78 is 23.0. The minimum Gasteiger partial charge on any atom is -0.341 e. The summed E-state index contributed by atoms with van der Waals surface area (Å²) in [6.07, 6.45) is 3.48. The van der Waals surface area contributed by atoms with Crippen LogP contribution < -0.4 is 9.80 Å². The molecule has 3 rings (SSSR count). The number of aromatic nitrogens is 3. The van der Waals surface area contributed by atoms with E-state index in [2.05, 4.69) is 19.9 Å². The Morgan fingerprint density at radius 3 is 1.90 bits per heavy atom. The van der Waals surface area contributed by atoms with E-state index in [1.54, 1.807) is 0 Å². The van der Waals surface area contributed by atoms with Crippen molar-refractivity contribution >= 4 is 33.3 Å². The molecule has 21 heavy (non-hydrogen) atoms. The summed E-state index contributed by atoms with van der Waals surface area (Å²) in [6, 6.07) is 0. The molecule has 2 saturated heterocycles. The van der Waals surface area contributed by atoms with E-state index < -0.39 is 9.84 Å². The van der Waals surface area contributed by atoms with Gasteiger partial charge in [-0.1, -0.05) is 0 Å². The van der Waals surface area contributed by atoms with Crippen molar-refractivity contribution in [2.75, 3.05) is 47.5 Å². The predicted molar refractivity (Wildman–Crippen MR) is 81.8 cm³/mol. The van der Waals surface area contributed by atoms with Crippen LogP contribution in [0.5, 0.6) is 0 Å². The molecular weight excluding hydrogens is 314 g/mol. The van der Waals surface area contributed by atoms with Crippen molar-refractivity contribution in [3.05, 3.63) is 5.28 Å². The van der Waals surface area contributed by atoms with E-state index >= 15 is 0 Å². The standard InChI is InChI=1S/C12H18ClN5O2S/c13-10-14-11(17-4-2-1-3-5-17)16-12(15-10)18-6-8-21(19,20)9-7-18/h1-9H2. The van der Waals surface area contributed by atoms with Gasteiger partial charge >= 0.3 is 0 Å². The first-order valence-corrected chi connectivity index (χ1v) is 9.35. The number of sulfone groups is 1. The first-order valence-electron chi connectivity index (χ1n) is 7.15. The molecular formula is C12H18ClN5O2S. The third-order valence-electron chi connectivity index (χ3n) is 3.85. The van der Waals surface area contributed by atoms with Gasteiger partial charge in [-0.2, -0.15) is 15.0 Å². The Morgan fingerprint density at radius 2 is 1.33 bits per heavy atom. The third kappa shape index (κ3) is 3.55. The molecule has 1 aromatic rings. The molecule has 0 bridgehead atoms. The van der Waals surface area contributed by atoms with E-state index in [9.17, 15) is 8.42 Å². The van der Waals surface area contributed by atoms with Crippen LogP contribution in [0.4, 0.5) is 11.9 Å². The van der Waals surface area contributed by atoms with Gasteiger partial charge in [-0.15, -0.1) is 0 Å². The zero-order valence-electron chi connectivity index (χ0n) is 11.7. The maximum Gasteiger partial charge on any atom is 0.231 e. The van der Waals surface area contributed by atoms with E-state index in [0.717, 1.165) is 25.9 Å². The minimum atomic E-state index is -2.92. The van der Waals surface area contributed by atoms with E-state index in [1.807, 2.05) is 4.90 Å². The van der Waals surface area contributed by atoms with Crippen molar-refractivity contribution in [1.29, 1.82) is 0 Å². The number of halogens is 1. The van der Waals surface area contributed by atoms with Gasteiger partial charge in [0.25, 0.3) is 0 Å². The zero-order valence-corrected chi connectivity index (χ0v) is 13.3. The highest BCUT2D eigenvalue weighted by Gasteiger charge is 2.25. The van der Waals surface area contributed by atoms with Gasteiger partial charge in [0, 0.05) is 26.2 Å². The van der Waals surface area contributed by atoms with Crippen LogP contribution in [0.2, 0.25) is 5.28 Å². The molecule has 2 aliphatic heterocycles. The average Bonchev–Trinajstić information content (AvgIpc) is 2.47. The van der Waals surface area contributed by atoms with Crippen LogP contribution in [-0.2, 0) is 9.84 Å². The molecule has 0 aromatic carbocycles. The number of hydrogen-bond acceptors (Lipinski definition) is 7. The Labute approximate surface area is 129 Å². The molecule has 0 spiro atoms. The molecule has 0 radical (unpaired) electrons. The maximum absolute atomic E-state index is 11.5. The fourth-order valence-corrected chi connectivity index (χ4v) is 3.97. The first-order chi connectivity index (χ1) is 10.0. The van der Waals surface area contributed by atoms with Crippen molar-refractivity contribution in [3.63, 3.8) is 0 Å². The van der Waals surface area contributed by atoms with Crippen LogP contribution in [0.1, 0.15) is 19.3 Å². The largest absolute Gasteiger partial charge is 0.341 e. The lowest BCUT2D eigenvalue weighted by Crippen LogP contribution is -2.41. The molecule has 0 aliphatic carbocycles. The topological polar surface area (TPSA) is 79.3 Å². The summed E-state index contributed by atoms with van der Waals surface area (Å²) in [4.78, 5) is 16.8. The van der Waals surface area contributed by atoms with E-state index in [0.29, 0.717) is 25.0 Å². The van der Waals surface area contributed by atoms with Gasteiger partial charge in [-0.3, -0.25) is 0 Å². The van der Waals surface area contributed by atoms with Gasteiger partial charge in [0.2, 0.25) is 17.2 Å². The van der Waals surface area contributed by atoms with Crippen LogP contribution >= 0.6 is 11.6 Å². The van der Waals surface area contributed by atoms with Gasteiger partial charge in [0.15, 0.2) is 9.84 Å². The second kappa shape index (κ2) is 5.92. The highest BCUT2D eigenvalue weighted by molar-refractivity contribution is 7.91. The molecule has 0 N–H and O–H groups in total. The van der Waals surface area contributed by atoms with Gasteiger partial charge < -0.3 is 9.80 Å². The Kier molecular flexibility index (Phi) is 4.17. The lowest BCUT2D eigenvalue weighted by molar-refractivity contribution is 0.566. The number of anilines is 2. The average molecular weight is 332 g/mol. The Balaban J connectivity index is 1.81. The number of piperidine rings is 1. The fourth-order valence-electron chi connectivity index (χ4n) is 2.62. The number of nitrogens with zero attached hydrogens (tertiary/aromatic N) is 5. The van der Waals surface area contributed by atoms with Crippen molar-refractivity contribution in [2.24, 2.45) is 0 Å². The van der Waals surface area contributed by atoms with Crippen molar-refractivity contribution < 1.29 is 8.42 Å². The smallest absolute Gasteiger partial charge is 0.231 e. The molecule has 0 unspecified atom stereocenters. The Bertz CT molecular complexity index is 604. The number of rotatable bonds is 2. The molecule has 0 saturated carbocycles. The second-order valence-corrected chi connectivity index (χ2v) is 8.03. The SMILES string of the molecule is O=S1(=O)CCN(c2nc(Cl)nc(N3CCCCC3)n2)CC1. The highest BCUT2D eigenvalue weighted by Crippen LogP contribution is 2.21. The quantitative estimate of drug-likeness (QED) is 0.791. The molecule has 0 atom stereocenters. The van der Waals surface area contributed by atoms with Crippen LogP contribution in [-0.4, -0.2) is 61.1 Å². The Morgan fingerprint density at radius 1 is 0.810 bits per heavy atom. The summed E-state index contributed by atoms with van der Waals surface area (Å²) in [6.45, 7) is 2.66. The molecule has 2 aliphatic rings. The Hall–Kier alpha value is -1.15. The van der Waals surface area contributed by atoms with E-state index in [-0.39, 0.29) is 16.8 Å². The molecule has 2 fully saturated rings. The first kappa shape index (κ1) is 14.8. The van der Waals surface area contributed by atoms with Gasteiger partial charge in [0.1, 0.15) is 0 Å². The third-order valence-corrected chi connectivity index (χ3v) is 5.63. The van der Waals surface area contributed by atoms with Crippen LogP contribution in [0, 0.1) is 0 Å². The molecule has 3 heterocycles. The summed E-state index contributed by atoms with van der Waals surface area (Å²) in [5, 5.41) is 0.161.